The van der Waals surface area contributed by atoms with Crippen LogP contribution in [0.4, 0.5) is 0 Å². The lowest BCUT2D eigenvalue weighted by Gasteiger charge is -2.07. The molecule has 0 aromatic carbocycles. The van der Waals surface area contributed by atoms with E-state index in [0.717, 1.165) is 11.3 Å². The van der Waals surface area contributed by atoms with Crippen molar-refractivity contribution in [2.24, 2.45) is 5.92 Å². The summed E-state index contributed by atoms with van der Waals surface area (Å²) in [6.07, 6.45) is 1.20. The second-order valence-electron chi connectivity index (χ2n) is 4.85. The molecule has 1 atom stereocenters. The van der Waals surface area contributed by atoms with Crippen molar-refractivity contribution in [2.75, 3.05) is 6.54 Å². The number of nitrogens with one attached hydrogen (secondary N) is 1. The van der Waals surface area contributed by atoms with E-state index in [4.69, 9.17) is 9.52 Å². The summed E-state index contributed by atoms with van der Waals surface area (Å²) in [6, 6.07) is 0. The van der Waals surface area contributed by atoms with Gasteiger partial charge in [-0.3, -0.25) is 9.59 Å². The number of rotatable bonds is 6. The molecule has 0 fully saturated rings. The van der Waals surface area contributed by atoms with Gasteiger partial charge in [-0.15, -0.1) is 0 Å². The first-order valence-corrected chi connectivity index (χ1v) is 6.42. The van der Waals surface area contributed by atoms with Gasteiger partial charge in [0.2, 0.25) is 0 Å². The summed E-state index contributed by atoms with van der Waals surface area (Å²) < 4.78 is 5.40. The Labute approximate surface area is 113 Å². The zero-order chi connectivity index (χ0) is 14.6. The molecule has 1 unspecified atom stereocenters. The number of furan rings is 1. The van der Waals surface area contributed by atoms with Crippen LogP contribution in [0, 0.1) is 26.7 Å². The minimum absolute atomic E-state index is 0.158. The third-order valence-corrected chi connectivity index (χ3v) is 3.31. The highest BCUT2D eigenvalue weighted by Gasteiger charge is 2.18. The van der Waals surface area contributed by atoms with Crippen LogP contribution in [0.15, 0.2) is 4.42 Å². The molecule has 106 valence electrons. The predicted octanol–water partition coefficient (Wildman–Crippen LogP) is 2.44. The molecule has 0 saturated heterocycles. The summed E-state index contributed by atoms with van der Waals surface area (Å²) in [5, 5.41) is 11.5. The third-order valence-electron chi connectivity index (χ3n) is 3.31. The van der Waals surface area contributed by atoms with Gasteiger partial charge in [0, 0.05) is 12.1 Å². The highest BCUT2D eigenvalue weighted by Crippen LogP contribution is 2.20. The Balaban J connectivity index is 2.46. The van der Waals surface area contributed by atoms with Crippen molar-refractivity contribution in [3.63, 3.8) is 0 Å². The van der Waals surface area contributed by atoms with Gasteiger partial charge in [0.1, 0.15) is 11.5 Å². The molecule has 0 bridgehead atoms. The number of carboxylic acids is 1. The van der Waals surface area contributed by atoms with Crippen LogP contribution < -0.4 is 5.32 Å². The number of hydrogen-bond acceptors (Lipinski definition) is 3. The second kappa shape index (κ2) is 6.41. The largest absolute Gasteiger partial charge is 0.481 e. The van der Waals surface area contributed by atoms with Gasteiger partial charge in [0.25, 0.3) is 5.91 Å². The van der Waals surface area contributed by atoms with E-state index < -0.39 is 5.97 Å². The van der Waals surface area contributed by atoms with Gasteiger partial charge in [-0.1, -0.05) is 6.92 Å². The van der Waals surface area contributed by atoms with E-state index in [1.165, 1.54) is 0 Å². The van der Waals surface area contributed by atoms with Crippen LogP contribution in [0.5, 0.6) is 0 Å². The lowest BCUT2D eigenvalue weighted by atomic mass is 10.1. The number of carboxylic acid groups (broad SMARTS) is 1. The number of carbonyl (C=O) groups excluding carboxylic acids is 1. The first kappa shape index (κ1) is 15.3. The molecule has 0 aliphatic rings. The maximum absolute atomic E-state index is 12.0. The van der Waals surface area contributed by atoms with E-state index in [0.29, 0.717) is 30.7 Å². The van der Waals surface area contributed by atoms with Crippen LogP contribution >= 0.6 is 0 Å². The van der Waals surface area contributed by atoms with E-state index in [-0.39, 0.29) is 11.8 Å². The van der Waals surface area contributed by atoms with Gasteiger partial charge in [-0.05, 0) is 33.6 Å². The molecule has 1 aromatic heterocycles. The molecular weight excluding hydrogens is 246 g/mol. The molecule has 1 amide bonds. The van der Waals surface area contributed by atoms with Crippen LogP contribution in [0.1, 0.15) is 47.2 Å². The van der Waals surface area contributed by atoms with E-state index in [1.54, 1.807) is 13.8 Å². The molecule has 0 saturated carbocycles. The Hall–Kier alpha value is -1.78. The van der Waals surface area contributed by atoms with Gasteiger partial charge in [-0.2, -0.15) is 0 Å². The van der Waals surface area contributed by atoms with Crippen LogP contribution in [0.25, 0.3) is 0 Å². The quantitative estimate of drug-likeness (QED) is 0.776. The van der Waals surface area contributed by atoms with Crippen molar-refractivity contribution < 1.29 is 19.1 Å². The minimum Gasteiger partial charge on any atom is -0.481 e. The number of aliphatic carboxylic acids is 1. The predicted molar refractivity (Wildman–Crippen MR) is 71.3 cm³/mol. The maximum Gasteiger partial charge on any atom is 0.306 e. The smallest absolute Gasteiger partial charge is 0.306 e. The Morgan fingerprint density at radius 2 is 1.89 bits per heavy atom. The first-order chi connectivity index (χ1) is 8.84. The molecular formula is C14H21NO4. The fraction of sp³-hybridized carbons (Fsp3) is 0.571. The molecule has 0 aliphatic carbocycles. The Bertz CT molecular complexity index is 476. The SMILES string of the molecule is Cc1oc(C)c(C(=O)NCCCC(C)C(=O)O)c1C. The Morgan fingerprint density at radius 3 is 2.37 bits per heavy atom. The average Bonchev–Trinajstić information content (AvgIpc) is 2.58. The maximum atomic E-state index is 12.0. The Morgan fingerprint density at radius 1 is 1.26 bits per heavy atom. The number of carbonyl (C=O) groups is 2. The molecule has 19 heavy (non-hydrogen) atoms. The molecule has 1 rings (SSSR count). The fourth-order valence-corrected chi connectivity index (χ4v) is 1.95. The fourth-order valence-electron chi connectivity index (χ4n) is 1.95. The zero-order valence-electron chi connectivity index (χ0n) is 11.9. The van der Waals surface area contributed by atoms with Crippen molar-refractivity contribution in [3.8, 4) is 0 Å². The van der Waals surface area contributed by atoms with Crippen molar-refractivity contribution in [1.82, 2.24) is 5.32 Å². The van der Waals surface area contributed by atoms with Crippen LogP contribution in [0.3, 0.4) is 0 Å². The lowest BCUT2D eigenvalue weighted by molar-refractivity contribution is -0.141. The van der Waals surface area contributed by atoms with E-state index >= 15 is 0 Å². The first-order valence-electron chi connectivity index (χ1n) is 6.42. The monoisotopic (exact) mass is 267 g/mol. The summed E-state index contributed by atoms with van der Waals surface area (Å²) >= 11 is 0. The molecule has 1 heterocycles. The molecule has 0 spiro atoms. The second-order valence-corrected chi connectivity index (χ2v) is 4.85. The molecule has 5 nitrogen and oxygen atoms in total. The molecule has 0 aliphatic heterocycles. The number of amides is 1. The van der Waals surface area contributed by atoms with Crippen LogP contribution in [-0.4, -0.2) is 23.5 Å². The van der Waals surface area contributed by atoms with Gasteiger partial charge in [-0.25, -0.2) is 0 Å². The standard InChI is InChI=1S/C14H21NO4/c1-8(14(17)18)6-5-7-15-13(16)12-9(2)10(3)19-11(12)4/h8H,5-7H2,1-4H3,(H,15,16)(H,17,18). The summed E-state index contributed by atoms with van der Waals surface area (Å²) in [5.74, 6) is 0.0309. The van der Waals surface area contributed by atoms with Crippen LogP contribution in [0.2, 0.25) is 0 Å². The zero-order valence-corrected chi connectivity index (χ0v) is 11.9. The average molecular weight is 267 g/mol. The van der Waals surface area contributed by atoms with Gasteiger partial charge >= 0.3 is 5.97 Å². The molecule has 1 aromatic rings. The van der Waals surface area contributed by atoms with E-state index in [2.05, 4.69) is 5.32 Å². The Kier molecular flexibility index (Phi) is 5.15. The highest BCUT2D eigenvalue weighted by atomic mass is 16.4. The minimum atomic E-state index is -0.802. The molecule has 2 N–H and O–H groups in total. The summed E-state index contributed by atoms with van der Waals surface area (Å²) in [5.41, 5.74) is 1.44. The third kappa shape index (κ3) is 3.84. The van der Waals surface area contributed by atoms with Crippen molar-refractivity contribution >= 4 is 11.9 Å². The van der Waals surface area contributed by atoms with Crippen LogP contribution in [-0.2, 0) is 4.79 Å². The van der Waals surface area contributed by atoms with E-state index in [1.807, 2.05) is 13.8 Å². The van der Waals surface area contributed by atoms with Gasteiger partial charge < -0.3 is 14.8 Å². The molecule has 0 radical (unpaired) electrons. The summed E-state index contributed by atoms with van der Waals surface area (Å²) in [7, 11) is 0. The van der Waals surface area contributed by atoms with Crippen molar-refractivity contribution in [2.45, 2.75) is 40.5 Å². The number of aryl methyl sites for hydroxylation is 2. The lowest BCUT2D eigenvalue weighted by Crippen LogP contribution is -2.26. The number of hydrogen-bond donors (Lipinski definition) is 2. The van der Waals surface area contributed by atoms with Crippen molar-refractivity contribution in [3.05, 3.63) is 22.6 Å². The summed E-state index contributed by atoms with van der Waals surface area (Å²) in [4.78, 5) is 22.6. The summed E-state index contributed by atoms with van der Waals surface area (Å²) in [6.45, 7) is 7.58. The van der Waals surface area contributed by atoms with Gasteiger partial charge in [0.15, 0.2) is 0 Å². The topological polar surface area (TPSA) is 79.5 Å². The van der Waals surface area contributed by atoms with Gasteiger partial charge in [0.05, 0.1) is 11.5 Å². The highest BCUT2D eigenvalue weighted by molar-refractivity contribution is 5.96. The van der Waals surface area contributed by atoms with E-state index in [9.17, 15) is 9.59 Å². The normalized spacial score (nSPS) is 12.2. The molecule has 5 heteroatoms. The van der Waals surface area contributed by atoms with Crippen molar-refractivity contribution in [1.29, 1.82) is 0 Å².